The first-order chi connectivity index (χ1) is 8.61. The normalized spacial score (nSPS) is 10.9. The predicted molar refractivity (Wildman–Crippen MR) is 67.6 cm³/mol. The van der Waals surface area contributed by atoms with Crippen molar-refractivity contribution < 1.29 is 9.34 Å². The van der Waals surface area contributed by atoms with Crippen LogP contribution in [0, 0.1) is 10.1 Å². The highest BCUT2D eigenvalue weighted by atomic mass is 35.5. The molecular weight excluding hydrogens is 258 g/mol. The topological polar surface area (TPSA) is 94.7 Å². The number of nitro benzene ring substituents is 1. The summed E-state index contributed by atoms with van der Waals surface area (Å²) in [5.74, 6) is 5.76. The van der Waals surface area contributed by atoms with Gasteiger partial charge >= 0.3 is 0 Å². The molecule has 2 N–H and O–H groups in total. The Balaban J connectivity index is 2.52. The van der Waals surface area contributed by atoms with Crippen molar-refractivity contribution in [3.63, 3.8) is 0 Å². The highest BCUT2D eigenvalue weighted by Crippen LogP contribution is 2.33. The van der Waals surface area contributed by atoms with Crippen molar-refractivity contribution in [1.29, 1.82) is 0 Å². The lowest BCUT2D eigenvalue weighted by molar-refractivity contribution is -0.384. The van der Waals surface area contributed by atoms with E-state index in [1.165, 1.54) is 18.3 Å². The van der Waals surface area contributed by atoms with E-state index in [-0.39, 0.29) is 5.69 Å². The number of hydrogen-bond donors (Lipinski definition) is 1. The fourth-order valence-corrected chi connectivity index (χ4v) is 1.67. The minimum absolute atomic E-state index is 0.118. The summed E-state index contributed by atoms with van der Waals surface area (Å²) < 4.78 is 5.36. The van der Waals surface area contributed by atoms with Crippen LogP contribution in [-0.4, -0.2) is 11.1 Å². The summed E-state index contributed by atoms with van der Waals surface area (Å²) in [6, 6.07) is 7.58. The Bertz CT molecular complexity index is 622. The number of halogens is 1. The van der Waals surface area contributed by atoms with Gasteiger partial charge in [-0.25, -0.2) is 0 Å². The van der Waals surface area contributed by atoms with Crippen LogP contribution in [0.15, 0.2) is 39.9 Å². The molecule has 0 aliphatic heterocycles. The average Bonchev–Trinajstić information content (AvgIpc) is 2.78. The zero-order valence-corrected chi connectivity index (χ0v) is 9.79. The van der Waals surface area contributed by atoms with Crippen molar-refractivity contribution in [2.45, 2.75) is 0 Å². The molecule has 0 amide bonds. The molecule has 2 aromatic rings. The number of nitrogens with zero attached hydrogens (tertiary/aromatic N) is 2. The van der Waals surface area contributed by atoms with Gasteiger partial charge in [0, 0.05) is 11.1 Å². The van der Waals surface area contributed by atoms with Crippen LogP contribution in [0.5, 0.6) is 0 Å². The second kappa shape index (κ2) is 4.89. The minimum Gasteiger partial charge on any atom is -0.455 e. The molecule has 1 aromatic carbocycles. The standard InChI is InChI=1S/C11H8ClN3O3/c12-7-1-3-9(10(5-7)15(16)17)11-4-2-8(18-11)6-14-13/h1-6H,13H2/b14-6-. The van der Waals surface area contributed by atoms with Crippen LogP contribution in [0.3, 0.4) is 0 Å². The predicted octanol–water partition coefficient (Wildman–Crippen LogP) is 2.80. The molecule has 0 fully saturated rings. The Morgan fingerprint density at radius 2 is 2.17 bits per heavy atom. The van der Waals surface area contributed by atoms with Crippen molar-refractivity contribution in [3.05, 3.63) is 51.2 Å². The van der Waals surface area contributed by atoms with Gasteiger partial charge in [0.15, 0.2) is 0 Å². The molecule has 0 bridgehead atoms. The second-order valence-electron chi connectivity index (χ2n) is 3.40. The van der Waals surface area contributed by atoms with Crippen LogP contribution in [-0.2, 0) is 0 Å². The summed E-state index contributed by atoms with van der Waals surface area (Å²) in [5.41, 5.74) is 0.231. The fraction of sp³-hybridized carbons (Fsp3) is 0. The van der Waals surface area contributed by atoms with Crippen LogP contribution in [0.4, 0.5) is 5.69 Å². The number of nitro groups is 1. The van der Waals surface area contributed by atoms with Crippen LogP contribution < -0.4 is 5.84 Å². The maximum Gasteiger partial charge on any atom is 0.281 e. The molecule has 18 heavy (non-hydrogen) atoms. The quantitative estimate of drug-likeness (QED) is 0.399. The van der Waals surface area contributed by atoms with Crippen LogP contribution in [0.2, 0.25) is 5.02 Å². The highest BCUT2D eigenvalue weighted by molar-refractivity contribution is 6.30. The first-order valence-electron chi connectivity index (χ1n) is 4.89. The van der Waals surface area contributed by atoms with Crippen molar-refractivity contribution in [1.82, 2.24) is 0 Å². The molecule has 1 heterocycles. The van der Waals surface area contributed by atoms with E-state index in [1.54, 1.807) is 18.2 Å². The van der Waals surface area contributed by atoms with E-state index in [0.29, 0.717) is 22.1 Å². The Labute approximate surface area is 107 Å². The maximum absolute atomic E-state index is 10.9. The van der Waals surface area contributed by atoms with E-state index in [1.807, 2.05) is 0 Å². The Hall–Kier alpha value is -2.34. The zero-order valence-electron chi connectivity index (χ0n) is 9.04. The van der Waals surface area contributed by atoms with Crippen molar-refractivity contribution in [2.24, 2.45) is 10.9 Å². The van der Waals surface area contributed by atoms with Gasteiger partial charge in [-0.3, -0.25) is 10.1 Å². The molecule has 0 aliphatic rings. The molecule has 0 unspecified atom stereocenters. The van der Waals surface area contributed by atoms with Gasteiger partial charge in [-0.2, -0.15) is 5.10 Å². The highest BCUT2D eigenvalue weighted by Gasteiger charge is 2.18. The molecule has 1 aromatic heterocycles. The van der Waals surface area contributed by atoms with Crippen molar-refractivity contribution in [2.75, 3.05) is 0 Å². The Morgan fingerprint density at radius 1 is 1.39 bits per heavy atom. The molecule has 0 radical (unpaired) electrons. The lowest BCUT2D eigenvalue weighted by Gasteiger charge is -2.00. The smallest absolute Gasteiger partial charge is 0.281 e. The maximum atomic E-state index is 10.9. The summed E-state index contributed by atoms with van der Waals surface area (Å²) in [7, 11) is 0. The molecule has 0 spiro atoms. The third kappa shape index (κ3) is 2.33. The van der Waals surface area contributed by atoms with Gasteiger partial charge in [-0.05, 0) is 24.3 Å². The van der Waals surface area contributed by atoms with Gasteiger partial charge in [0.1, 0.15) is 11.5 Å². The molecule has 6 nitrogen and oxygen atoms in total. The van der Waals surface area contributed by atoms with E-state index in [9.17, 15) is 10.1 Å². The second-order valence-corrected chi connectivity index (χ2v) is 3.84. The van der Waals surface area contributed by atoms with Gasteiger partial charge in [-0.15, -0.1) is 0 Å². The van der Waals surface area contributed by atoms with Crippen LogP contribution >= 0.6 is 11.6 Å². The zero-order chi connectivity index (χ0) is 13.1. The van der Waals surface area contributed by atoms with Crippen molar-refractivity contribution in [3.8, 4) is 11.3 Å². The van der Waals surface area contributed by atoms with E-state index in [4.69, 9.17) is 21.9 Å². The first kappa shape index (κ1) is 12.1. The summed E-state index contributed by atoms with van der Waals surface area (Å²) >= 11 is 5.73. The molecule has 92 valence electrons. The van der Waals surface area contributed by atoms with Gasteiger partial charge in [0.2, 0.25) is 0 Å². The number of furan rings is 1. The number of hydrogen-bond acceptors (Lipinski definition) is 5. The van der Waals surface area contributed by atoms with Gasteiger partial charge < -0.3 is 10.3 Å². The van der Waals surface area contributed by atoms with E-state index >= 15 is 0 Å². The molecule has 7 heteroatoms. The van der Waals surface area contributed by atoms with E-state index < -0.39 is 4.92 Å². The molecule has 2 rings (SSSR count). The van der Waals surface area contributed by atoms with Crippen LogP contribution in [0.1, 0.15) is 5.76 Å². The Kier molecular flexibility index (Phi) is 3.29. The molecule has 0 atom stereocenters. The lowest BCUT2D eigenvalue weighted by Crippen LogP contribution is -1.91. The summed E-state index contributed by atoms with van der Waals surface area (Å²) in [6.45, 7) is 0. The fourth-order valence-electron chi connectivity index (χ4n) is 1.50. The molecular formula is C11H8ClN3O3. The summed E-state index contributed by atoms with van der Waals surface area (Å²) in [5, 5.41) is 14.5. The number of nitrogens with two attached hydrogens (primary N) is 1. The third-order valence-corrected chi connectivity index (χ3v) is 2.49. The SMILES string of the molecule is N/N=C\c1ccc(-c2ccc(Cl)cc2[N+](=O)[O-])o1. The van der Waals surface area contributed by atoms with E-state index in [0.717, 1.165) is 0 Å². The average molecular weight is 266 g/mol. The molecule has 0 saturated heterocycles. The van der Waals surface area contributed by atoms with Gasteiger partial charge in [0.25, 0.3) is 5.69 Å². The number of hydrazone groups is 1. The third-order valence-electron chi connectivity index (χ3n) is 2.25. The minimum atomic E-state index is -0.513. The van der Waals surface area contributed by atoms with Gasteiger partial charge in [0.05, 0.1) is 16.7 Å². The number of benzene rings is 1. The Morgan fingerprint density at radius 3 is 2.83 bits per heavy atom. The summed E-state index contributed by atoms with van der Waals surface area (Å²) in [4.78, 5) is 10.4. The van der Waals surface area contributed by atoms with Gasteiger partial charge in [-0.1, -0.05) is 11.6 Å². The number of rotatable bonds is 3. The van der Waals surface area contributed by atoms with E-state index in [2.05, 4.69) is 5.10 Å². The lowest BCUT2D eigenvalue weighted by atomic mass is 10.1. The van der Waals surface area contributed by atoms with Crippen LogP contribution in [0.25, 0.3) is 11.3 Å². The van der Waals surface area contributed by atoms with Crippen molar-refractivity contribution >= 4 is 23.5 Å². The molecule has 0 aliphatic carbocycles. The monoisotopic (exact) mass is 265 g/mol. The molecule has 0 saturated carbocycles. The largest absolute Gasteiger partial charge is 0.455 e. The first-order valence-corrected chi connectivity index (χ1v) is 5.27. The summed E-state index contributed by atoms with van der Waals surface area (Å²) in [6.07, 6.45) is 1.31.